The Labute approximate surface area is 119 Å². The topological polar surface area (TPSA) is 38.8 Å². The SMILES string of the molecule is CCCC(=O)N(C)Cc1c2c(cc3c1OCC3)OCC2. The van der Waals surface area contributed by atoms with Crippen LogP contribution in [0.25, 0.3) is 0 Å². The van der Waals surface area contributed by atoms with Crippen molar-refractivity contribution in [3.05, 3.63) is 22.8 Å². The number of ether oxygens (including phenoxy) is 2. The molecule has 2 aliphatic heterocycles. The first-order chi connectivity index (χ1) is 9.70. The summed E-state index contributed by atoms with van der Waals surface area (Å²) in [5.74, 6) is 2.17. The third-order valence-corrected chi connectivity index (χ3v) is 4.05. The van der Waals surface area contributed by atoms with Crippen molar-refractivity contribution in [1.29, 1.82) is 0 Å². The lowest BCUT2D eigenvalue weighted by Crippen LogP contribution is -2.26. The summed E-state index contributed by atoms with van der Waals surface area (Å²) in [5.41, 5.74) is 3.60. The van der Waals surface area contributed by atoms with Gasteiger partial charge in [-0.05, 0) is 12.5 Å². The van der Waals surface area contributed by atoms with Crippen molar-refractivity contribution in [1.82, 2.24) is 4.90 Å². The molecule has 0 unspecified atom stereocenters. The second kappa shape index (κ2) is 5.35. The number of carbonyl (C=O) groups is 1. The highest BCUT2D eigenvalue weighted by Gasteiger charge is 2.27. The van der Waals surface area contributed by atoms with Gasteiger partial charge in [0.2, 0.25) is 5.91 Å². The Balaban J connectivity index is 1.91. The molecule has 0 saturated heterocycles. The van der Waals surface area contributed by atoms with Crippen molar-refractivity contribution in [3.8, 4) is 11.5 Å². The van der Waals surface area contributed by atoms with Gasteiger partial charge in [0.15, 0.2) is 0 Å². The van der Waals surface area contributed by atoms with Crippen LogP contribution in [-0.2, 0) is 24.2 Å². The third kappa shape index (κ3) is 2.23. The molecule has 2 aliphatic rings. The number of hydrogen-bond donors (Lipinski definition) is 0. The molecular weight excluding hydrogens is 254 g/mol. The number of amides is 1. The van der Waals surface area contributed by atoms with Crippen LogP contribution in [0.5, 0.6) is 11.5 Å². The minimum atomic E-state index is 0.191. The Hall–Kier alpha value is -1.71. The molecule has 0 aliphatic carbocycles. The number of benzene rings is 1. The van der Waals surface area contributed by atoms with Crippen LogP contribution in [0, 0.1) is 0 Å². The second-order valence-electron chi connectivity index (χ2n) is 5.52. The fourth-order valence-corrected chi connectivity index (χ4v) is 2.98. The summed E-state index contributed by atoms with van der Waals surface area (Å²) in [7, 11) is 1.87. The summed E-state index contributed by atoms with van der Waals surface area (Å²) in [6.45, 7) is 4.12. The van der Waals surface area contributed by atoms with Crippen LogP contribution in [-0.4, -0.2) is 31.1 Å². The van der Waals surface area contributed by atoms with Gasteiger partial charge in [-0.25, -0.2) is 0 Å². The van der Waals surface area contributed by atoms with Gasteiger partial charge in [-0.1, -0.05) is 6.92 Å². The van der Waals surface area contributed by atoms with Gasteiger partial charge in [0.05, 0.1) is 13.2 Å². The van der Waals surface area contributed by atoms with E-state index < -0.39 is 0 Å². The standard InChI is InChI=1S/C16H21NO3/c1-3-4-15(18)17(2)10-13-12-6-8-19-14(12)9-11-5-7-20-16(11)13/h9H,3-8,10H2,1-2H3. The van der Waals surface area contributed by atoms with Crippen molar-refractivity contribution >= 4 is 5.91 Å². The fraction of sp³-hybridized carbons (Fsp3) is 0.562. The van der Waals surface area contributed by atoms with E-state index in [2.05, 4.69) is 6.07 Å². The van der Waals surface area contributed by atoms with Crippen LogP contribution in [0.15, 0.2) is 6.07 Å². The highest BCUT2D eigenvalue weighted by atomic mass is 16.5. The molecule has 3 rings (SSSR count). The Kier molecular flexibility index (Phi) is 3.55. The lowest BCUT2D eigenvalue weighted by molar-refractivity contribution is -0.130. The van der Waals surface area contributed by atoms with Crippen LogP contribution in [0.1, 0.15) is 36.5 Å². The molecule has 0 fully saturated rings. The number of fused-ring (bicyclic) bond motifs is 2. The molecule has 0 saturated carbocycles. The molecule has 0 aromatic heterocycles. The van der Waals surface area contributed by atoms with E-state index in [0.717, 1.165) is 49.5 Å². The van der Waals surface area contributed by atoms with Crippen molar-refractivity contribution in [2.75, 3.05) is 20.3 Å². The first-order valence-corrected chi connectivity index (χ1v) is 7.38. The normalized spacial score (nSPS) is 15.3. The highest BCUT2D eigenvalue weighted by molar-refractivity contribution is 5.76. The lowest BCUT2D eigenvalue weighted by atomic mass is 9.99. The molecule has 1 aromatic carbocycles. The van der Waals surface area contributed by atoms with Crippen LogP contribution in [0.2, 0.25) is 0 Å². The third-order valence-electron chi connectivity index (χ3n) is 4.05. The van der Waals surface area contributed by atoms with Gasteiger partial charge in [-0.15, -0.1) is 0 Å². The molecule has 0 atom stereocenters. The second-order valence-corrected chi connectivity index (χ2v) is 5.52. The quantitative estimate of drug-likeness (QED) is 0.846. The molecular formula is C16H21NO3. The smallest absolute Gasteiger partial charge is 0.222 e. The molecule has 108 valence electrons. The molecule has 1 aromatic rings. The average Bonchev–Trinajstić information content (AvgIpc) is 3.06. The molecule has 4 nitrogen and oxygen atoms in total. The molecule has 2 heterocycles. The minimum absolute atomic E-state index is 0.191. The molecule has 0 spiro atoms. The van der Waals surface area contributed by atoms with E-state index in [9.17, 15) is 4.79 Å². The first kappa shape index (κ1) is 13.3. The maximum Gasteiger partial charge on any atom is 0.222 e. The van der Waals surface area contributed by atoms with E-state index in [1.807, 2.05) is 14.0 Å². The Morgan fingerprint density at radius 3 is 2.90 bits per heavy atom. The Bertz CT molecular complexity index is 507. The summed E-state index contributed by atoms with van der Waals surface area (Å²) in [6.07, 6.45) is 3.33. The van der Waals surface area contributed by atoms with Crippen molar-refractivity contribution in [2.45, 2.75) is 39.2 Å². The molecule has 20 heavy (non-hydrogen) atoms. The Morgan fingerprint density at radius 1 is 1.30 bits per heavy atom. The molecule has 0 radical (unpaired) electrons. The maximum atomic E-state index is 12.0. The van der Waals surface area contributed by atoms with E-state index >= 15 is 0 Å². The van der Waals surface area contributed by atoms with Gasteiger partial charge in [-0.3, -0.25) is 4.79 Å². The van der Waals surface area contributed by atoms with Crippen molar-refractivity contribution in [3.63, 3.8) is 0 Å². The summed E-state index contributed by atoms with van der Waals surface area (Å²) < 4.78 is 11.5. The number of rotatable bonds is 4. The van der Waals surface area contributed by atoms with Crippen LogP contribution < -0.4 is 9.47 Å². The summed E-state index contributed by atoms with van der Waals surface area (Å²) in [6, 6.07) is 2.11. The van der Waals surface area contributed by atoms with Crippen molar-refractivity contribution in [2.24, 2.45) is 0 Å². The van der Waals surface area contributed by atoms with Gasteiger partial charge in [-0.2, -0.15) is 0 Å². The van der Waals surface area contributed by atoms with Crippen LogP contribution >= 0.6 is 0 Å². The zero-order valence-corrected chi connectivity index (χ0v) is 12.2. The monoisotopic (exact) mass is 275 g/mol. The molecule has 1 amide bonds. The van der Waals surface area contributed by atoms with Crippen LogP contribution in [0.4, 0.5) is 0 Å². The first-order valence-electron chi connectivity index (χ1n) is 7.38. The predicted molar refractivity (Wildman–Crippen MR) is 76.2 cm³/mol. The summed E-state index contributed by atoms with van der Waals surface area (Å²) >= 11 is 0. The zero-order chi connectivity index (χ0) is 14.1. The molecule has 0 N–H and O–H groups in total. The van der Waals surface area contributed by atoms with E-state index in [0.29, 0.717) is 13.0 Å². The number of nitrogens with zero attached hydrogens (tertiary/aromatic N) is 1. The predicted octanol–water partition coefficient (Wildman–Crippen LogP) is 2.31. The lowest BCUT2D eigenvalue weighted by Gasteiger charge is -2.20. The van der Waals surface area contributed by atoms with E-state index in [1.54, 1.807) is 4.90 Å². The van der Waals surface area contributed by atoms with Gasteiger partial charge in [0.25, 0.3) is 0 Å². The van der Waals surface area contributed by atoms with Gasteiger partial charge in [0.1, 0.15) is 11.5 Å². The molecule has 0 bridgehead atoms. The minimum Gasteiger partial charge on any atom is -0.493 e. The van der Waals surface area contributed by atoms with E-state index in [-0.39, 0.29) is 5.91 Å². The number of carbonyl (C=O) groups excluding carboxylic acids is 1. The zero-order valence-electron chi connectivity index (χ0n) is 12.2. The summed E-state index contributed by atoms with van der Waals surface area (Å²) in [4.78, 5) is 13.8. The fourth-order valence-electron chi connectivity index (χ4n) is 2.98. The van der Waals surface area contributed by atoms with Gasteiger partial charge < -0.3 is 14.4 Å². The van der Waals surface area contributed by atoms with E-state index in [1.165, 1.54) is 11.1 Å². The van der Waals surface area contributed by atoms with Gasteiger partial charge >= 0.3 is 0 Å². The summed E-state index contributed by atoms with van der Waals surface area (Å²) in [5, 5.41) is 0. The van der Waals surface area contributed by atoms with Crippen molar-refractivity contribution < 1.29 is 14.3 Å². The highest BCUT2D eigenvalue weighted by Crippen LogP contribution is 2.41. The Morgan fingerprint density at radius 2 is 2.10 bits per heavy atom. The molecule has 4 heteroatoms. The van der Waals surface area contributed by atoms with Crippen LogP contribution in [0.3, 0.4) is 0 Å². The van der Waals surface area contributed by atoms with Gasteiger partial charge in [0, 0.05) is 49.5 Å². The average molecular weight is 275 g/mol. The number of hydrogen-bond acceptors (Lipinski definition) is 3. The largest absolute Gasteiger partial charge is 0.493 e. The van der Waals surface area contributed by atoms with E-state index in [4.69, 9.17) is 9.47 Å². The maximum absolute atomic E-state index is 12.0.